The number of hydrogen-bond donors (Lipinski definition) is 1. The molecule has 0 radical (unpaired) electrons. The molecule has 0 aliphatic heterocycles. The third kappa shape index (κ3) is 4.73. The smallest absolute Gasteiger partial charge is 0.271 e. The van der Waals surface area contributed by atoms with Gasteiger partial charge in [0.15, 0.2) is 0 Å². The molecular weight excluding hydrogens is 340 g/mol. The summed E-state index contributed by atoms with van der Waals surface area (Å²) in [6.07, 6.45) is 1.59. The lowest BCUT2D eigenvalue weighted by Gasteiger charge is -2.06. The van der Waals surface area contributed by atoms with Gasteiger partial charge < -0.3 is 9.47 Å². The molecule has 3 rings (SSSR count). The zero-order valence-corrected chi connectivity index (χ0v) is 15.2. The lowest BCUT2D eigenvalue weighted by molar-refractivity contribution is 0.0955. The highest BCUT2D eigenvalue weighted by atomic mass is 16.5. The van der Waals surface area contributed by atoms with Crippen LogP contribution in [0.15, 0.2) is 77.9 Å². The number of amides is 1. The lowest BCUT2D eigenvalue weighted by atomic mass is 10.0. The first-order chi connectivity index (χ1) is 13.2. The van der Waals surface area contributed by atoms with Gasteiger partial charge in [0.1, 0.15) is 11.5 Å². The van der Waals surface area contributed by atoms with Gasteiger partial charge in [0.2, 0.25) is 0 Å². The van der Waals surface area contributed by atoms with Gasteiger partial charge in [-0.3, -0.25) is 4.79 Å². The summed E-state index contributed by atoms with van der Waals surface area (Å²) in [5, 5.41) is 4.02. The third-order valence-electron chi connectivity index (χ3n) is 4.04. The van der Waals surface area contributed by atoms with Crippen molar-refractivity contribution in [2.75, 3.05) is 14.2 Å². The van der Waals surface area contributed by atoms with Gasteiger partial charge in [0, 0.05) is 5.56 Å². The van der Waals surface area contributed by atoms with Crippen LogP contribution < -0.4 is 14.9 Å². The van der Waals surface area contributed by atoms with Gasteiger partial charge >= 0.3 is 0 Å². The maximum absolute atomic E-state index is 12.4. The van der Waals surface area contributed by atoms with Gasteiger partial charge in [-0.15, -0.1) is 0 Å². The molecule has 0 fully saturated rings. The molecule has 0 aliphatic rings. The molecule has 3 aromatic rings. The van der Waals surface area contributed by atoms with E-state index in [4.69, 9.17) is 9.47 Å². The molecule has 3 aromatic carbocycles. The van der Waals surface area contributed by atoms with E-state index in [1.165, 1.54) is 0 Å². The first-order valence-electron chi connectivity index (χ1n) is 8.41. The quantitative estimate of drug-likeness (QED) is 0.531. The van der Waals surface area contributed by atoms with Crippen LogP contribution in [0.1, 0.15) is 15.9 Å². The second-order valence-electron chi connectivity index (χ2n) is 5.78. The zero-order chi connectivity index (χ0) is 19.1. The minimum atomic E-state index is -0.268. The summed E-state index contributed by atoms with van der Waals surface area (Å²) in [6.45, 7) is 0. The summed E-state index contributed by atoms with van der Waals surface area (Å²) >= 11 is 0. The number of nitrogens with one attached hydrogen (secondary N) is 1. The molecule has 136 valence electrons. The minimum Gasteiger partial charge on any atom is -0.497 e. The van der Waals surface area contributed by atoms with Crippen LogP contribution in [0, 0.1) is 0 Å². The minimum absolute atomic E-state index is 0.268. The Balaban J connectivity index is 1.68. The second kappa shape index (κ2) is 8.67. The number of ether oxygens (including phenoxy) is 2. The van der Waals surface area contributed by atoms with E-state index in [1.54, 1.807) is 26.5 Å². The predicted octanol–water partition coefficient (Wildman–Crippen LogP) is 4.13. The number of benzene rings is 3. The summed E-state index contributed by atoms with van der Waals surface area (Å²) in [6, 6.07) is 22.5. The fourth-order valence-electron chi connectivity index (χ4n) is 2.54. The standard InChI is InChI=1S/C22H20N2O3/c1-26-20-10-6-16(7-11-20)15-23-24-22(25)19-5-3-4-18(14-19)17-8-12-21(27-2)13-9-17/h3-15H,1-2H3,(H,24,25). The SMILES string of the molecule is COc1ccc(C=NNC(=O)c2cccc(-c3ccc(OC)cc3)c2)cc1. The Morgan fingerprint density at radius 2 is 1.48 bits per heavy atom. The molecule has 0 spiro atoms. The van der Waals surface area contributed by atoms with E-state index in [2.05, 4.69) is 10.5 Å². The van der Waals surface area contributed by atoms with Crippen LogP contribution in [0.3, 0.4) is 0 Å². The maximum Gasteiger partial charge on any atom is 0.271 e. The van der Waals surface area contributed by atoms with Crippen molar-refractivity contribution >= 4 is 12.1 Å². The molecular formula is C22H20N2O3. The molecule has 0 aromatic heterocycles. The zero-order valence-electron chi connectivity index (χ0n) is 15.2. The van der Waals surface area contributed by atoms with Crippen molar-refractivity contribution in [3.05, 3.63) is 83.9 Å². The molecule has 5 heteroatoms. The summed E-state index contributed by atoms with van der Waals surface area (Å²) in [5.41, 5.74) is 5.91. The first-order valence-corrected chi connectivity index (χ1v) is 8.41. The van der Waals surface area contributed by atoms with Crippen molar-refractivity contribution in [3.63, 3.8) is 0 Å². The summed E-state index contributed by atoms with van der Waals surface area (Å²) in [7, 11) is 3.25. The Labute approximate surface area is 158 Å². The van der Waals surface area contributed by atoms with Crippen molar-refractivity contribution in [1.29, 1.82) is 0 Å². The van der Waals surface area contributed by atoms with Crippen molar-refractivity contribution in [1.82, 2.24) is 5.43 Å². The highest BCUT2D eigenvalue weighted by Gasteiger charge is 2.06. The van der Waals surface area contributed by atoms with Crippen LogP contribution >= 0.6 is 0 Å². The first kappa shape index (κ1) is 18.2. The number of nitrogens with zero attached hydrogens (tertiary/aromatic N) is 1. The average molecular weight is 360 g/mol. The Morgan fingerprint density at radius 3 is 2.11 bits per heavy atom. The van der Waals surface area contributed by atoms with Gasteiger partial charge in [-0.2, -0.15) is 5.10 Å². The van der Waals surface area contributed by atoms with E-state index in [1.807, 2.05) is 66.7 Å². The maximum atomic E-state index is 12.4. The second-order valence-corrected chi connectivity index (χ2v) is 5.78. The number of carbonyl (C=O) groups is 1. The monoisotopic (exact) mass is 360 g/mol. The molecule has 0 saturated heterocycles. The fourth-order valence-corrected chi connectivity index (χ4v) is 2.54. The number of carbonyl (C=O) groups excluding carboxylic acids is 1. The van der Waals surface area contributed by atoms with Crippen LogP contribution in [0.5, 0.6) is 11.5 Å². The predicted molar refractivity (Wildman–Crippen MR) is 106 cm³/mol. The van der Waals surface area contributed by atoms with E-state index in [0.29, 0.717) is 5.56 Å². The van der Waals surface area contributed by atoms with Crippen molar-refractivity contribution in [2.24, 2.45) is 5.10 Å². The van der Waals surface area contributed by atoms with Crippen LogP contribution in [-0.4, -0.2) is 26.3 Å². The molecule has 0 atom stereocenters. The topological polar surface area (TPSA) is 59.9 Å². The summed E-state index contributed by atoms with van der Waals surface area (Å²) in [5.74, 6) is 1.29. The summed E-state index contributed by atoms with van der Waals surface area (Å²) < 4.78 is 10.3. The lowest BCUT2D eigenvalue weighted by Crippen LogP contribution is -2.17. The number of hydrogen-bond acceptors (Lipinski definition) is 4. The molecule has 0 unspecified atom stereocenters. The van der Waals surface area contributed by atoms with Gasteiger partial charge in [-0.25, -0.2) is 5.43 Å². The van der Waals surface area contributed by atoms with E-state index in [0.717, 1.165) is 28.2 Å². The van der Waals surface area contributed by atoms with Crippen LogP contribution in [-0.2, 0) is 0 Å². The molecule has 0 aliphatic carbocycles. The largest absolute Gasteiger partial charge is 0.497 e. The Morgan fingerprint density at radius 1 is 0.852 bits per heavy atom. The number of hydrazone groups is 1. The molecule has 1 amide bonds. The molecule has 5 nitrogen and oxygen atoms in total. The van der Waals surface area contributed by atoms with E-state index >= 15 is 0 Å². The van der Waals surface area contributed by atoms with Crippen molar-refractivity contribution < 1.29 is 14.3 Å². The van der Waals surface area contributed by atoms with E-state index in [9.17, 15) is 4.79 Å². The summed E-state index contributed by atoms with van der Waals surface area (Å²) in [4.78, 5) is 12.4. The Kier molecular flexibility index (Phi) is 5.84. The van der Waals surface area contributed by atoms with Crippen LogP contribution in [0.2, 0.25) is 0 Å². The van der Waals surface area contributed by atoms with Gasteiger partial charge in [0.05, 0.1) is 20.4 Å². The van der Waals surface area contributed by atoms with Crippen LogP contribution in [0.25, 0.3) is 11.1 Å². The number of methoxy groups -OCH3 is 2. The average Bonchev–Trinajstić information content (AvgIpc) is 2.74. The van der Waals surface area contributed by atoms with Crippen LogP contribution in [0.4, 0.5) is 0 Å². The van der Waals surface area contributed by atoms with Gasteiger partial charge in [-0.1, -0.05) is 24.3 Å². The molecule has 0 saturated carbocycles. The number of rotatable bonds is 6. The normalized spacial score (nSPS) is 10.6. The highest BCUT2D eigenvalue weighted by Crippen LogP contribution is 2.23. The molecule has 0 heterocycles. The van der Waals surface area contributed by atoms with E-state index in [-0.39, 0.29) is 5.91 Å². The van der Waals surface area contributed by atoms with Crippen molar-refractivity contribution in [2.45, 2.75) is 0 Å². The molecule has 1 N–H and O–H groups in total. The third-order valence-corrected chi connectivity index (χ3v) is 4.04. The molecule has 0 bridgehead atoms. The Hall–Kier alpha value is -3.60. The Bertz CT molecular complexity index is 933. The van der Waals surface area contributed by atoms with Gasteiger partial charge in [0.25, 0.3) is 5.91 Å². The van der Waals surface area contributed by atoms with E-state index < -0.39 is 0 Å². The highest BCUT2D eigenvalue weighted by molar-refractivity contribution is 5.96. The van der Waals surface area contributed by atoms with Crippen molar-refractivity contribution in [3.8, 4) is 22.6 Å². The fraction of sp³-hybridized carbons (Fsp3) is 0.0909. The molecule has 27 heavy (non-hydrogen) atoms. The van der Waals surface area contributed by atoms with Gasteiger partial charge in [-0.05, 0) is 65.2 Å².